The number of hydrogen-bond acceptors (Lipinski definition) is 5. The van der Waals surface area contributed by atoms with Crippen LogP contribution in [0.1, 0.15) is 11.7 Å². The molecule has 1 fully saturated rings. The third-order valence-electron chi connectivity index (χ3n) is 4.83. The molecule has 0 saturated carbocycles. The molecule has 4 heterocycles. The van der Waals surface area contributed by atoms with Crippen LogP contribution in [0.2, 0.25) is 0 Å². The van der Waals surface area contributed by atoms with Gasteiger partial charge in [0.05, 0.1) is 11.0 Å². The molecule has 0 radical (unpaired) electrons. The first kappa shape index (κ1) is 12.1. The van der Waals surface area contributed by atoms with Crippen molar-refractivity contribution < 1.29 is 4.79 Å². The highest BCUT2D eigenvalue weighted by molar-refractivity contribution is 6.09. The van der Waals surface area contributed by atoms with Crippen LogP contribution in [0.5, 0.6) is 0 Å². The van der Waals surface area contributed by atoms with Gasteiger partial charge in [0.1, 0.15) is 6.17 Å². The van der Waals surface area contributed by atoms with Crippen LogP contribution >= 0.6 is 0 Å². The largest absolute Gasteiger partial charge is 0.357 e. The van der Waals surface area contributed by atoms with Crippen molar-refractivity contribution in [2.75, 3.05) is 5.32 Å². The van der Waals surface area contributed by atoms with E-state index in [2.05, 4.69) is 31.2 Å². The molecule has 0 aliphatic carbocycles. The summed E-state index contributed by atoms with van der Waals surface area (Å²) in [6.07, 6.45) is -0.612. The number of anilines is 1. The van der Waals surface area contributed by atoms with E-state index in [9.17, 15) is 4.79 Å². The molecule has 7 nitrogen and oxygen atoms in total. The van der Waals surface area contributed by atoms with E-state index in [-0.39, 0.29) is 12.1 Å². The summed E-state index contributed by atoms with van der Waals surface area (Å²) in [5.41, 5.74) is 3.97. The van der Waals surface area contributed by atoms with Gasteiger partial charge in [-0.25, -0.2) is 4.98 Å². The fraction of sp³-hybridized carbons (Fsp3) is 0.118. The molecule has 3 aliphatic rings. The van der Waals surface area contributed by atoms with E-state index < -0.39 is 6.17 Å². The lowest BCUT2D eigenvalue weighted by molar-refractivity contribution is -0.121. The Morgan fingerprint density at radius 1 is 1.04 bits per heavy atom. The van der Waals surface area contributed by atoms with Crippen molar-refractivity contribution in [3.8, 4) is 0 Å². The highest BCUT2D eigenvalue weighted by Crippen LogP contribution is 2.43. The number of aromatic nitrogens is 2. The maximum Gasteiger partial charge on any atom is 0.270 e. The van der Waals surface area contributed by atoms with E-state index in [1.807, 2.05) is 47.4 Å². The second-order valence-corrected chi connectivity index (χ2v) is 6.11. The van der Waals surface area contributed by atoms with Gasteiger partial charge in [0.25, 0.3) is 5.91 Å². The average molecular weight is 316 g/mol. The van der Waals surface area contributed by atoms with Gasteiger partial charge in [-0.05, 0) is 18.2 Å². The normalized spacial score (nSPS) is 23.1. The monoisotopic (exact) mass is 316 g/mol. The third kappa shape index (κ3) is 1.31. The Morgan fingerprint density at radius 3 is 2.83 bits per heavy atom. The van der Waals surface area contributed by atoms with Gasteiger partial charge in [-0.15, -0.1) is 0 Å². The number of hydrogen-bond donors (Lipinski definition) is 2. The minimum absolute atomic E-state index is 0.0942. The molecule has 2 unspecified atom stereocenters. The van der Waals surface area contributed by atoms with Gasteiger partial charge in [-0.3, -0.25) is 19.6 Å². The highest BCUT2D eigenvalue weighted by Gasteiger charge is 2.49. The number of carbonyl (C=O) groups excluding carboxylic acids is 1. The molecule has 3 aliphatic heterocycles. The summed E-state index contributed by atoms with van der Waals surface area (Å²) >= 11 is 0. The summed E-state index contributed by atoms with van der Waals surface area (Å²) in [6, 6.07) is 16.0. The van der Waals surface area contributed by atoms with Crippen LogP contribution in [0.3, 0.4) is 0 Å². The van der Waals surface area contributed by atoms with E-state index in [0.29, 0.717) is 11.9 Å². The van der Waals surface area contributed by atoms with Gasteiger partial charge in [0.15, 0.2) is 6.17 Å². The summed E-state index contributed by atoms with van der Waals surface area (Å²) in [4.78, 5) is 23.6. The summed E-state index contributed by atoms with van der Waals surface area (Å²) in [5, 5.41) is 6.18. The first-order chi connectivity index (χ1) is 11.8. The van der Waals surface area contributed by atoms with Crippen LogP contribution in [0, 0.1) is 0 Å². The van der Waals surface area contributed by atoms with Crippen LogP contribution in [0.25, 0.3) is 11.0 Å². The van der Waals surface area contributed by atoms with Crippen molar-refractivity contribution in [3.05, 3.63) is 54.1 Å². The smallest absolute Gasteiger partial charge is 0.270 e. The molecule has 1 saturated heterocycles. The van der Waals surface area contributed by atoms with Gasteiger partial charge in [-0.1, -0.05) is 30.3 Å². The highest BCUT2D eigenvalue weighted by atomic mass is 16.2. The fourth-order valence-corrected chi connectivity index (χ4v) is 3.83. The lowest BCUT2D eigenvalue weighted by atomic mass is 10.0. The Hall–Kier alpha value is -3.35. The first-order valence-corrected chi connectivity index (χ1v) is 7.81. The minimum atomic E-state index is -0.460. The molecule has 0 bridgehead atoms. The van der Waals surface area contributed by atoms with Crippen LogP contribution in [-0.2, 0) is 4.79 Å². The zero-order valence-corrected chi connectivity index (χ0v) is 12.5. The Balaban J connectivity index is 1.73. The SMILES string of the molecule is O=C1NC2=Nc3nc4ccccc4n3C3c4ccccc4NC1N23. The minimum Gasteiger partial charge on any atom is -0.357 e. The van der Waals surface area contributed by atoms with E-state index in [4.69, 9.17) is 0 Å². The Bertz CT molecular complexity index is 1070. The number of nitrogens with one attached hydrogen (secondary N) is 2. The lowest BCUT2D eigenvalue weighted by Gasteiger charge is -2.41. The van der Waals surface area contributed by atoms with Crippen molar-refractivity contribution in [1.82, 2.24) is 19.8 Å². The fourth-order valence-electron chi connectivity index (χ4n) is 3.83. The third-order valence-corrected chi connectivity index (χ3v) is 4.83. The molecule has 3 aromatic rings. The van der Waals surface area contributed by atoms with E-state index in [0.717, 1.165) is 22.3 Å². The molecule has 116 valence electrons. The molecule has 2 aromatic carbocycles. The van der Waals surface area contributed by atoms with Gasteiger partial charge < -0.3 is 5.32 Å². The zero-order valence-electron chi connectivity index (χ0n) is 12.5. The molecule has 24 heavy (non-hydrogen) atoms. The van der Waals surface area contributed by atoms with Gasteiger partial charge in [-0.2, -0.15) is 4.99 Å². The molecule has 0 spiro atoms. The van der Waals surface area contributed by atoms with Crippen molar-refractivity contribution in [2.24, 2.45) is 4.99 Å². The summed E-state index contributed by atoms with van der Waals surface area (Å²) in [6.45, 7) is 0. The Labute approximate surface area is 136 Å². The summed E-state index contributed by atoms with van der Waals surface area (Å²) < 4.78 is 2.10. The zero-order chi connectivity index (χ0) is 15.8. The van der Waals surface area contributed by atoms with Crippen LogP contribution in [0.15, 0.2) is 53.5 Å². The van der Waals surface area contributed by atoms with Gasteiger partial charge >= 0.3 is 0 Å². The molecule has 7 heteroatoms. The van der Waals surface area contributed by atoms with Crippen LogP contribution in [-0.4, -0.2) is 32.5 Å². The molecular weight excluding hydrogens is 304 g/mol. The predicted octanol–water partition coefficient (Wildman–Crippen LogP) is 1.77. The first-order valence-electron chi connectivity index (χ1n) is 7.81. The van der Waals surface area contributed by atoms with Crippen molar-refractivity contribution in [2.45, 2.75) is 12.3 Å². The van der Waals surface area contributed by atoms with Crippen molar-refractivity contribution >= 4 is 34.5 Å². The number of aliphatic imine (C=N–C) groups is 1. The van der Waals surface area contributed by atoms with Crippen molar-refractivity contribution in [1.29, 1.82) is 0 Å². The standard InChI is InChI=1S/C17H12N6O/c24-14-13-18-10-6-2-1-5-9(10)15-22-12-8-4-3-7-11(12)19-16(22)21-17(20-14)23(13)15/h1-8,13,15,18H,(H,19,20,21,24). The number of rotatable bonds is 0. The molecule has 1 amide bonds. The second-order valence-electron chi connectivity index (χ2n) is 6.11. The number of imidazole rings is 1. The van der Waals surface area contributed by atoms with Crippen LogP contribution < -0.4 is 10.6 Å². The predicted molar refractivity (Wildman–Crippen MR) is 88.8 cm³/mol. The molecule has 2 N–H and O–H groups in total. The lowest BCUT2D eigenvalue weighted by Crippen LogP contribution is -2.50. The van der Waals surface area contributed by atoms with Crippen molar-refractivity contribution in [3.63, 3.8) is 0 Å². The Morgan fingerprint density at radius 2 is 1.88 bits per heavy atom. The summed E-state index contributed by atoms with van der Waals surface area (Å²) in [7, 11) is 0. The topological polar surface area (TPSA) is 74.5 Å². The Kier molecular flexibility index (Phi) is 1.99. The number of para-hydroxylation sites is 3. The maximum absolute atomic E-state index is 12.4. The van der Waals surface area contributed by atoms with Gasteiger partial charge in [0, 0.05) is 11.3 Å². The number of carbonyl (C=O) groups is 1. The molecular formula is C17H12N6O. The van der Waals surface area contributed by atoms with E-state index in [1.54, 1.807) is 0 Å². The van der Waals surface area contributed by atoms with Crippen LogP contribution in [0.4, 0.5) is 11.6 Å². The molecule has 2 atom stereocenters. The molecule has 6 rings (SSSR count). The number of nitrogens with zero attached hydrogens (tertiary/aromatic N) is 4. The van der Waals surface area contributed by atoms with Gasteiger partial charge in [0.2, 0.25) is 11.9 Å². The number of amides is 1. The van der Waals surface area contributed by atoms with E-state index >= 15 is 0 Å². The van der Waals surface area contributed by atoms with E-state index in [1.165, 1.54) is 0 Å². The second kappa shape index (κ2) is 3.94. The number of fused-ring (bicyclic) bond motifs is 6. The maximum atomic E-state index is 12.4. The summed E-state index contributed by atoms with van der Waals surface area (Å²) in [5.74, 6) is 1.08. The number of benzene rings is 2. The number of guanidine groups is 1. The quantitative estimate of drug-likeness (QED) is 0.663. The average Bonchev–Trinajstić information content (AvgIpc) is 3.13. The molecule has 1 aromatic heterocycles.